The van der Waals surface area contributed by atoms with Crippen molar-refractivity contribution < 1.29 is 38.1 Å². The van der Waals surface area contributed by atoms with E-state index in [0.29, 0.717) is 25.3 Å². The van der Waals surface area contributed by atoms with Gasteiger partial charge in [0.15, 0.2) is 11.4 Å². The summed E-state index contributed by atoms with van der Waals surface area (Å²) in [6.45, 7) is 0.762. The number of amides is 4. The Labute approximate surface area is 233 Å². The second-order valence-electron chi connectivity index (χ2n) is 10.1. The fourth-order valence-corrected chi connectivity index (χ4v) is 5.72. The van der Waals surface area contributed by atoms with E-state index in [4.69, 9.17) is 26.2 Å². The molecule has 2 unspecified atom stereocenters. The summed E-state index contributed by atoms with van der Waals surface area (Å²) < 4.78 is 26.7. The van der Waals surface area contributed by atoms with Gasteiger partial charge in [-0.05, 0) is 62.1 Å². The van der Waals surface area contributed by atoms with Crippen molar-refractivity contribution >= 4 is 47.0 Å². The zero-order valence-corrected chi connectivity index (χ0v) is 22.1. The van der Waals surface area contributed by atoms with Crippen molar-refractivity contribution in [2.75, 3.05) is 30.3 Å². The van der Waals surface area contributed by atoms with Gasteiger partial charge in [0.1, 0.15) is 6.04 Å². The normalized spacial score (nSPS) is 22.6. The van der Waals surface area contributed by atoms with Crippen LogP contribution in [0, 0.1) is 5.82 Å². The van der Waals surface area contributed by atoms with Gasteiger partial charge in [0.2, 0.25) is 5.91 Å². The average Bonchev–Trinajstić information content (AvgIpc) is 3.43. The van der Waals surface area contributed by atoms with E-state index in [1.54, 1.807) is 0 Å². The molecule has 5 rings (SSSR count). The number of likely N-dealkylation sites (tertiary alicyclic amines) is 1. The van der Waals surface area contributed by atoms with E-state index in [2.05, 4.69) is 16.0 Å². The second-order valence-corrected chi connectivity index (χ2v) is 10.5. The molecule has 40 heavy (non-hydrogen) atoms. The van der Waals surface area contributed by atoms with Crippen LogP contribution in [0.1, 0.15) is 48.0 Å². The van der Waals surface area contributed by atoms with E-state index >= 15 is 4.39 Å². The minimum absolute atomic E-state index is 0.0897. The fraction of sp³-hybridized carbons (Fsp3) is 0.407. The number of halogens is 2. The lowest BCUT2D eigenvalue weighted by Gasteiger charge is -2.45. The van der Waals surface area contributed by atoms with E-state index in [9.17, 15) is 19.2 Å². The lowest BCUT2D eigenvalue weighted by Crippen LogP contribution is -2.57. The molecule has 1 spiro atoms. The summed E-state index contributed by atoms with van der Waals surface area (Å²) in [5, 5.41) is 16.2. The van der Waals surface area contributed by atoms with Crippen LogP contribution in [0.25, 0.3) is 0 Å². The summed E-state index contributed by atoms with van der Waals surface area (Å²) >= 11 is 6.06. The van der Waals surface area contributed by atoms with Crippen molar-refractivity contribution in [3.63, 3.8) is 0 Å². The molecular weight excluding hydrogens is 547 g/mol. The molecule has 0 aromatic heterocycles. The van der Waals surface area contributed by atoms with Gasteiger partial charge in [-0.3, -0.25) is 20.2 Å². The van der Waals surface area contributed by atoms with Crippen LogP contribution in [0.15, 0.2) is 36.4 Å². The number of anilines is 2. The molecule has 3 aliphatic rings. The number of carboxylic acid groups (broad SMARTS) is 1. The summed E-state index contributed by atoms with van der Waals surface area (Å²) in [7, 11) is 0. The van der Waals surface area contributed by atoms with Crippen molar-refractivity contribution in [2.24, 2.45) is 0 Å². The number of carbonyl (C=O) groups excluding carboxylic acids is 3. The predicted molar refractivity (Wildman–Crippen MR) is 142 cm³/mol. The van der Waals surface area contributed by atoms with Crippen molar-refractivity contribution in [1.29, 1.82) is 0 Å². The van der Waals surface area contributed by atoms with Crippen LogP contribution in [-0.4, -0.2) is 65.8 Å². The van der Waals surface area contributed by atoms with Gasteiger partial charge < -0.3 is 24.8 Å². The Morgan fingerprint density at radius 1 is 1.20 bits per heavy atom. The van der Waals surface area contributed by atoms with E-state index in [1.165, 1.54) is 41.3 Å². The molecule has 2 fully saturated rings. The highest BCUT2D eigenvalue weighted by Gasteiger charge is 2.49. The summed E-state index contributed by atoms with van der Waals surface area (Å²) in [6.07, 6.45) is 0.284. The number of nitrogens with zero attached hydrogens (tertiary/aromatic N) is 1. The first kappa shape index (κ1) is 27.7. The molecule has 3 heterocycles. The van der Waals surface area contributed by atoms with Gasteiger partial charge in [-0.15, -0.1) is 0 Å². The molecule has 212 valence electrons. The number of piperidine rings is 1. The topological polar surface area (TPSA) is 146 Å². The van der Waals surface area contributed by atoms with Gasteiger partial charge in [-0.1, -0.05) is 11.6 Å². The molecule has 11 nitrogen and oxygen atoms in total. The Morgan fingerprint density at radius 2 is 1.98 bits per heavy atom. The smallest absolute Gasteiger partial charge is 0.412 e. The van der Waals surface area contributed by atoms with Gasteiger partial charge in [-0.2, -0.15) is 0 Å². The molecule has 13 heteroatoms. The molecule has 0 bridgehead atoms. The van der Waals surface area contributed by atoms with E-state index in [-0.39, 0.29) is 47.3 Å². The number of ether oxygens (including phenoxy) is 2. The van der Waals surface area contributed by atoms with Gasteiger partial charge in [0, 0.05) is 30.8 Å². The van der Waals surface area contributed by atoms with Crippen molar-refractivity contribution in [1.82, 2.24) is 10.2 Å². The Balaban J connectivity index is 1.38. The summed E-state index contributed by atoms with van der Waals surface area (Å²) in [4.78, 5) is 51.8. The van der Waals surface area contributed by atoms with Gasteiger partial charge in [-0.25, -0.2) is 14.0 Å². The molecule has 2 aromatic rings. The maximum Gasteiger partial charge on any atom is 0.412 e. The number of fused-ring (bicyclic) bond motifs is 2. The van der Waals surface area contributed by atoms with Crippen molar-refractivity contribution in [3.05, 3.63) is 58.4 Å². The first-order chi connectivity index (χ1) is 19.1. The largest absolute Gasteiger partial charge is 0.465 e. The number of carbonyl (C=O) groups is 4. The van der Waals surface area contributed by atoms with E-state index < -0.39 is 41.5 Å². The zero-order valence-electron chi connectivity index (χ0n) is 21.4. The third kappa shape index (κ3) is 5.68. The molecule has 0 radical (unpaired) electrons. The van der Waals surface area contributed by atoms with Crippen LogP contribution >= 0.6 is 11.6 Å². The number of benzene rings is 2. The maximum absolute atomic E-state index is 15.3. The van der Waals surface area contributed by atoms with Gasteiger partial charge in [0.25, 0.3) is 5.91 Å². The average molecular weight is 575 g/mol. The van der Waals surface area contributed by atoms with Crippen LogP contribution in [0.3, 0.4) is 0 Å². The summed E-state index contributed by atoms with van der Waals surface area (Å²) in [6, 6.07) is 7.65. The third-order valence-electron chi connectivity index (χ3n) is 7.37. The second kappa shape index (κ2) is 11.3. The number of nitrogens with one attached hydrogen (secondary N) is 3. The van der Waals surface area contributed by atoms with Crippen LogP contribution < -0.4 is 16.0 Å². The Morgan fingerprint density at radius 3 is 2.67 bits per heavy atom. The fourth-order valence-electron chi connectivity index (χ4n) is 5.57. The molecule has 2 aromatic carbocycles. The monoisotopic (exact) mass is 574 g/mol. The van der Waals surface area contributed by atoms with Crippen molar-refractivity contribution in [2.45, 2.75) is 49.9 Å². The van der Waals surface area contributed by atoms with E-state index in [1.807, 2.05) is 0 Å². The third-order valence-corrected chi connectivity index (χ3v) is 7.66. The number of hydrogen-bond donors (Lipinski definition) is 4. The Bertz CT molecular complexity index is 1330. The molecule has 2 saturated heterocycles. The Kier molecular flexibility index (Phi) is 7.81. The maximum atomic E-state index is 15.3. The molecule has 3 atom stereocenters. The minimum atomic E-state index is -1.44. The zero-order chi connectivity index (χ0) is 28.4. The standard InChI is InChI=1S/C27H28ClFN4O7/c28-18-8-9-19-21(22(18)29)27(40-26(38)32-19)10-2-11-33(14-27)24(35)20(13-17-3-1-12-39-17)31-23(34)15-4-6-16(7-5-15)30-25(36)37/h4-9,17,20,30H,1-3,10-14H2,(H,31,34)(H,32,38)(H,36,37)/t17-,20?,27?/m1/s1. The molecule has 0 aliphatic carbocycles. The van der Waals surface area contributed by atoms with E-state index in [0.717, 1.165) is 12.8 Å². The first-order valence-corrected chi connectivity index (χ1v) is 13.3. The molecule has 3 aliphatic heterocycles. The number of hydrogen-bond acceptors (Lipinski definition) is 6. The predicted octanol–water partition coefficient (Wildman–Crippen LogP) is 4.32. The lowest BCUT2D eigenvalue weighted by molar-refractivity contribution is -0.142. The van der Waals surface area contributed by atoms with Crippen LogP contribution in [0.5, 0.6) is 0 Å². The van der Waals surface area contributed by atoms with Crippen LogP contribution in [0.4, 0.5) is 25.4 Å². The highest BCUT2D eigenvalue weighted by Crippen LogP contribution is 2.45. The van der Waals surface area contributed by atoms with Crippen LogP contribution in [-0.2, 0) is 19.9 Å². The summed E-state index contributed by atoms with van der Waals surface area (Å²) in [5.41, 5.74) is -0.594. The first-order valence-electron chi connectivity index (χ1n) is 12.9. The van der Waals surface area contributed by atoms with Gasteiger partial charge >= 0.3 is 12.2 Å². The minimum Gasteiger partial charge on any atom is -0.465 e. The number of rotatable bonds is 6. The highest BCUT2D eigenvalue weighted by molar-refractivity contribution is 6.31. The highest BCUT2D eigenvalue weighted by atomic mass is 35.5. The molecule has 4 N–H and O–H groups in total. The van der Waals surface area contributed by atoms with Crippen molar-refractivity contribution in [3.8, 4) is 0 Å². The lowest BCUT2D eigenvalue weighted by atomic mass is 9.82. The summed E-state index contributed by atoms with van der Waals surface area (Å²) in [5.74, 6) is -1.66. The molecular formula is C27H28ClFN4O7. The molecule has 0 saturated carbocycles. The SMILES string of the molecule is O=C(O)Nc1ccc(C(=O)NC(C[C@H]2CCCO2)C(=O)N2CCCC3(C2)OC(=O)Nc2ccc(Cl)c(F)c23)cc1. The molecule has 4 amide bonds. The van der Waals surface area contributed by atoms with Crippen LogP contribution in [0.2, 0.25) is 5.02 Å². The Hall–Kier alpha value is -3.90. The quantitative estimate of drug-likeness (QED) is 0.402. The van der Waals surface area contributed by atoms with Gasteiger partial charge in [0.05, 0.1) is 28.9 Å².